The number of carboxylic acid groups (broad SMARTS) is 1. The zero-order chi connectivity index (χ0) is 15.5. The molecule has 1 heterocycles. The molecule has 0 saturated carbocycles. The van der Waals surface area contributed by atoms with Crippen LogP contribution in [0.5, 0.6) is 0 Å². The number of hydrogen-bond acceptors (Lipinski definition) is 3. The van der Waals surface area contributed by atoms with Crippen LogP contribution in [0, 0.1) is 0 Å². The summed E-state index contributed by atoms with van der Waals surface area (Å²) in [6, 6.07) is 16.4. The van der Waals surface area contributed by atoms with E-state index in [9.17, 15) is 9.59 Å². The van der Waals surface area contributed by atoms with Crippen LogP contribution >= 0.6 is 0 Å². The third-order valence-corrected chi connectivity index (χ3v) is 3.65. The summed E-state index contributed by atoms with van der Waals surface area (Å²) in [5, 5.41) is 12.0. The van der Waals surface area contributed by atoms with Gasteiger partial charge in [0.1, 0.15) is 6.04 Å². The molecule has 0 aliphatic carbocycles. The number of rotatable bonds is 4. The molecule has 0 radical (unpaired) electrons. The van der Waals surface area contributed by atoms with E-state index in [4.69, 9.17) is 5.11 Å². The molecule has 0 saturated heterocycles. The van der Waals surface area contributed by atoms with Gasteiger partial charge in [0.25, 0.3) is 5.91 Å². The second kappa shape index (κ2) is 5.89. The summed E-state index contributed by atoms with van der Waals surface area (Å²) in [7, 11) is 0. The molecule has 0 spiro atoms. The molecule has 5 nitrogen and oxygen atoms in total. The first kappa shape index (κ1) is 14.1. The first-order chi connectivity index (χ1) is 10.7. The van der Waals surface area contributed by atoms with Crippen LogP contribution in [0.4, 0.5) is 17.1 Å². The van der Waals surface area contributed by atoms with Gasteiger partial charge in [-0.05, 0) is 30.7 Å². The lowest BCUT2D eigenvalue weighted by molar-refractivity contribution is -0.137. The Bertz CT molecular complexity index is 700. The van der Waals surface area contributed by atoms with E-state index in [1.54, 1.807) is 4.90 Å². The Kier molecular flexibility index (Phi) is 3.78. The van der Waals surface area contributed by atoms with Gasteiger partial charge in [-0.2, -0.15) is 0 Å². The van der Waals surface area contributed by atoms with E-state index < -0.39 is 12.0 Å². The molecule has 0 fully saturated rings. The van der Waals surface area contributed by atoms with Crippen molar-refractivity contribution in [3.8, 4) is 0 Å². The highest BCUT2D eigenvalue weighted by molar-refractivity contribution is 6.10. The quantitative estimate of drug-likeness (QED) is 0.910. The topological polar surface area (TPSA) is 69.6 Å². The molecule has 22 heavy (non-hydrogen) atoms. The molecule has 3 rings (SSSR count). The average molecular weight is 296 g/mol. The second-order valence-electron chi connectivity index (χ2n) is 5.16. The molecule has 1 amide bonds. The van der Waals surface area contributed by atoms with Gasteiger partial charge in [-0.15, -0.1) is 0 Å². The summed E-state index contributed by atoms with van der Waals surface area (Å²) < 4.78 is 0. The number of para-hydroxylation sites is 3. The van der Waals surface area contributed by atoms with Gasteiger partial charge in [-0.1, -0.05) is 30.3 Å². The monoisotopic (exact) mass is 296 g/mol. The van der Waals surface area contributed by atoms with Crippen molar-refractivity contribution < 1.29 is 14.7 Å². The lowest BCUT2D eigenvalue weighted by atomic mass is 10.0. The fourth-order valence-corrected chi connectivity index (χ4v) is 2.62. The van der Waals surface area contributed by atoms with E-state index in [0.29, 0.717) is 0 Å². The number of nitrogens with one attached hydrogen (secondary N) is 1. The molecule has 0 aromatic heterocycles. The Labute approximate surface area is 128 Å². The second-order valence-corrected chi connectivity index (χ2v) is 5.16. The Balaban J connectivity index is 1.99. The minimum Gasteiger partial charge on any atom is -0.481 e. The number of nitrogens with zero attached hydrogens (tertiary/aromatic N) is 1. The van der Waals surface area contributed by atoms with Gasteiger partial charge >= 0.3 is 5.97 Å². The zero-order valence-electron chi connectivity index (χ0n) is 11.9. The summed E-state index contributed by atoms with van der Waals surface area (Å²) in [4.78, 5) is 25.2. The number of amides is 1. The van der Waals surface area contributed by atoms with E-state index in [1.165, 1.54) is 0 Å². The van der Waals surface area contributed by atoms with Crippen LogP contribution < -0.4 is 10.2 Å². The lowest BCUT2D eigenvalue weighted by Gasteiger charge is -2.35. The Morgan fingerprint density at radius 1 is 1.09 bits per heavy atom. The SMILES string of the molecule is O=C(O)CC[C@@H]1Nc2ccccc2N(c2ccccc2)C1=O. The van der Waals surface area contributed by atoms with Gasteiger partial charge in [-0.25, -0.2) is 0 Å². The van der Waals surface area contributed by atoms with Crippen LogP contribution in [-0.2, 0) is 9.59 Å². The largest absolute Gasteiger partial charge is 0.481 e. The molecule has 1 aliphatic heterocycles. The maximum absolute atomic E-state index is 12.8. The lowest BCUT2D eigenvalue weighted by Crippen LogP contribution is -2.45. The number of carbonyl (C=O) groups excluding carboxylic acids is 1. The van der Waals surface area contributed by atoms with Crippen LogP contribution in [0.1, 0.15) is 12.8 Å². The molecule has 1 aliphatic rings. The number of anilines is 3. The average Bonchev–Trinajstić information content (AvgIpc) is 2.53. The Morgan fingerprint density at radius 2 is 1.77 bits per heavy atom. The fraction of sp³-hybridized carbons (Fsp3) is 0.176. The van der Waals surface area contributed by atoms with Crippen LogP contribution in [0.3, 0.4) is 0 Å². The minimum atomic E-state index is -0.903. The summed E-state index contributed by atoms with van der Waals surface area (Å²) >= 11 is 0. The molecule has 112 valence electrons. The molecular formula is C17H16N2O3. The summed E-state index contributed by atoms with van der Waals surface area (Å²) in [6.07, 6.45) is 0.208. The molecule has 5 heteroatoms. The molecule has 2 N–H and O–H groups in total. The number of aliphatic carboxylic acids is 1. The van der Waals surface area contributed by atoms with Crippen LogP contribution in [-0.4, -0.2) is 23.0 Å². The highest BCUT2D eigenvalue weighted by Crippen LogP contribution is 2.37. The molecule has 1 atom stereocenters. The number of benzene rings is 2. The van der Waals surface area contributed by atoms with Crippen molar-refractivity contribution in [2.75, 3.05) is 10.2 Å². The van der Waals surface area contributed by atoms with E-state index in [0.717, 1.165) is 17.1 Å². The smallest absolute Gasteiger partial charge is 0.303 e. The third-order valence-electron chi connectivity index (χ3n) is 3.65. The number of hydrogen-bond donors (Lipinski definition) is 2. The normalized spacial score (nSPS) is 16.8. The molecule has 0 unspecified atom stereocenters. The van der Waals surface area contributed by atoms with Crippen LogP contribution in [0.15, 0.2) is 54.6 Å². The summed E-state index contributed by atoms with van der Waals surface area (Å²) in [5.74, 6) is -1.04. The zero-order valence-corrected chi connectivity index (χ0v) is 11.9. The maximum atomic E-state index is 12.8. The first-order valence-electron chi connectivity index (χ1n) is 7.13. The molecule has 2 aromatic rings. The van der Waals surface area contributed by atoms with Crippen LogP contribution in [0.25, 0.3) is 0 Å². The van der Waals surface area contributed by atoms with Gasteiger partial charge in [-0.3, -0.25) is 14.5 Å². The number of fused-ring (bicyclic) bond motifs is 1. The van der Waals surface area contributed by atoms with Gasteiger partial charge in [0.15, 0.2) is 0 Å². The van der Waals surface area contributed by atoms with E-state index in [-0.39, 0.29) is 18.7 Å². The Hall–Kier alpha value is -2.82. The predicted molar refractivity (Wildman–Crippen MR) is 84.3 cm³/mol. The van der Waals surface area contributed by atoms with E-state index in [1.807, 2.05) is 54.6 Å². The van der Waals surface area contributed by atoms with E-state index >= 15 is 0 Å². The predicted octanol–water partition coefficient (Wildman–Crippen LogP) is 3.01. The fourth-order valence-electron chi connectivity index (χ4n) is 2.62. The number of carbonyl (C=O) groups is 2. The van der Waals surface area contributed by atoms with Crippen molar-refractivity contribution in [2.24, 2.45) is 0 Å². The van der Waals surface area contributed by atoms with E-state index in [2.05, 4.69) is 5.32 Å². The van der Waals surface area contributed by atoms with Crippen molar-refractivity contribution in [3.05, 3.63) is 54.6 Å². The molecular weight excluding hydrogens is 280 g/mol. The molecule has 2 aromatic carbocycles. The maximum Gasteiger partial charge on any atom is 0.303 e. The molecule has 0 bridgehead atoms. The van der Waals surface area contributed by atoms with Crippen molar-refractivity contribution in [2.45, 2.75) is 18.9 Å². The standard InChI is InChI=1S/C17H16N2O3/c20-16(21)11-10-14-17(22)19(12-6-2-1-3-7-12)15-9-5-4-8-13(15)18-14/h1-9,14,18H,10-11H2,(H,20,21)/t14-/m0/s1. The summed E-state index contributed by atoms with van der Waals surface area (Å²) in [6.45, 7) is 0. The minimum absolute atomic E-state index is 0.0474. The Morgan fingerprint density at radius 3 is 2.50 bits per heavy atom. The van der Waals surface area contributed by atoms with Gasteiger partial charge in [0.05, 0.1) is 11.4 Å². The first-order valence-corrected chi connectivity index (χ1v) is 7.13. The number of carboxylic acids is 1. The highest BCUT2D eigenvalue weighted by atomic mass is 16.4. The van der Waals surface area contributed by atoms with Gasteiger partial charge in [0.2, 0.25) is 0 Å². The van der Waals surface area contributed by atoms with Gasteiger partial charge < -0.3 is 10.4 Å². The van der Waals surface area contributed by atoms with Crippen molar-refractivity contribution >= 4 is 28.9 Å². The highest BCUT2D eigenvalue weighted by Gasteiger charge is 2.33. The van der Waals surface area contributed by atoms with Gasteiger partial charge in [0, 0.05) is 12.1 Å². The van der Waals surface area contributed by atoms with Crippen molar-refractivity contribution in [1.82, 2.24) is 0 Å². The van der Waals surface area contributed by atoms with Crippen molar-refractivity contribution in [3.63, 3.8) is 0 Å². The van der Waals surface area contributed by atoms with Crippen molar-refractivity contribution in [1.29, 1.82) is 0 Å². The third kappa shape index (κ3) is 2.65. The van der Waals surface area contributed by atoms with Crippen LogP contribution in [0.2, 0.25) is 0 Å². The summed E-state index contributed by atoms with van der Waals surface area (Å²) in [5.41, 5.74) is 2.40.